The molecule has 0 fully saturated rings. The fourth-order valence-electron chi connectivity index (χ4n) is 1.32. The van der Waals surface area contributed by atoms with Crippen molar-refractivity contribution in [3.63, 3.8) is 0 Å². The minimum absolute atomic E-state index is 0.145. The van der Waals surface area contributed by atoms with E-state index >= 15 is 0 Å². The molecule has 0 spiro atoms. The van der Waals surface area contributed by atoms with Gasteiger partial charge in [-0.15, -0.1) is 0 Å². The molecule has 0 unspecified atom stereocenters. The summed E-state index contributed by atoms with van der Waals surface area (Å²) in [4.78, 5) is 22.0. The van der Waals surface area contributed by atoms with Gasteiger partial charge in [-0.3, -0.25) is 4.79 Å². The van der Waals surface area contributed by atoms with Gasteiger partial charge < -0.3 is 9.67 Å². The SMILES string of the molecule is Cn1c(=O)sc2c(C(=O)O)cccc21. The van der Waals surface area contributed by atoms with Crippen molar-refractivity contribution < 1.29 is 9.90 Å². The lowest BCUT2D eigenvalue weighted by atomic mass is 10.2. The third kappa shape index (κ3) is 1.13. The molecule has 0 aliphatic rings. The minimum Gasteiger partial charge on any atom is -0.478 e. The summed E-state index contributed by atoms with van der Waals surface area (Å²) in [5.41, 5.74) is 0.852. The number of carboxylic acids is 1. The Labute approximate surface area is 83.0 Å². The molecule has 1 aromatic heterocycles. The Morgan fingerprint density at radius 3 is 2.86 bits per heavy atom. The van der Waals surface area contributed by atoms with Crippen LogP contribution in [0.1, 0.15) is 10.4 Å². The van der Waals surface area contributed by atoms with E-state index in [1.54, 1.807) is 19.2 Å². The Bertz CT molecular complexity index is 567. The molecule has 0 radical (unpaired) electrons. The number of aryl methyl sites for hydroxylation is 1. The van der Waals surface area contributed by atoms with E-state index in [4.69, 9.17) is 5.11 Å². The van der Waals surface area contributed by atoms with Gasteiger partial charge in [-0.25, -0.2) is 4.79 Å². The van der Waals surface area contributed by atoms with E-state index in [1.165, 1.54) is 10.6 Å². The van der Waals surface area contributed by atoms with Gasteiger partial charge in [0.1, 0.15) is 0 Å². The topological polar surface area (TPSA) is 59.3 Å². The fourth-order valence-corrected chi connectivity index (χ4v) is 2.30. The van der Waals surface area contributed by atoms with E-state index in [0.29, 0.717) is 10.2 Å². The van der Waals surface area contributed by atoms with Crippen LogP contribution in [-0.2, 0) is 7.05 Å². The first-order valence-electron chi connectivity index (χ1n) is 3.93. The van der Waals surface area contributed by atoms with Gasteiger partial charge in [0.2, 0.25) is 0 Å². The summed E-state index contributed by atoms with van der Waals surface area (Å²) in [6.45, 7) is 0. The molecule has 0 aliphatic heterocycles. The molecule has 0 atom stereocenters. The van der Waals surface area contributed by atoms with Crippen LogP contribution >= 0.6 is 11.3 Å². The van der Waals surface area contributed by atoms with E-state index in [2.05, 4.69) is 0 Å². The molecular formula is C9H7NO3S. The number of carboxylic acid groups (broad SMARTS) is 1. The molecule has 0 aliphatic carbocycles. The Kier molecular flexibility index (Phi) is 1.89. The number of nitrogens with zero attached hydrogens (tertiary/aromatic N) is 1. The van der Waals surface area contributed by atoms with Gasteiger partial charge in [0.15, 0.2) is 0 Å². The highest BCUT2D eigenvalue weighted by molar-refractivity contribution is 7.16. The van der Waals surface area contributed by atoms with Gasteiger partial charge in [-0.2, -0.15) is 0 Å². The van der Waals surface area contributed by atoms with Crippen molar-refractivity contribution in [3.05, 3.63) is 33.4 Å². The first kappa shape index (κ1) is 8.96. The number of fused-ring (bicyclic) bond motifs is 1. The van der Waals surface area contributed by atoms with E-state index in [1.807, 2.05) is 0 Å². The zero-order chi connectivity index (χ0) is 10.3. The van der Waals surface area contributed by atoms with E-state index in [0.717, 1.165) is 11.3 Å². The van der Waals surface area contributed by atoms with Crippen LogP contribution in [0.3, 0.4) is 0 Å². The Hall–Kier alpha value is -1.62. The first-order chi connectivity index (χ1) is 6.61. The maximum Gasteiger partial charge on any atom is 0.337 e. The zero-order valence-electron chi connectivity index (χ0n) is 7.35. The lowest BCUT2D eigenvalue weighted by Gasteiger charge is -1.96. The molecule has 2 rings (SSSR count). The van der Waals surface area contributed by atoms with Crippen molar-refractivity contribution in [1.82, 2.24) is 4.57 Å². The number of hydrogen-bond donors (Lipinski definition) is 1. The van der Waals surface area contributed by atoms with Crippen molar-refractivity contribution in [2.24, 2.45) is 7.05 Å². The summed E-state index contributed by atoms with van der Waals surface area (Å²) in [5, 5.41) is 8.88. The summed E-state index contributed by atoms with van der Waals surface area (Å²) in [7, 11) is 1.63. The highest BCUT2D eigenvalue weighted by Crippen LogP contribution is 2.20. The average molecular weight is 209 g/mol. The molecule has 1 heterocycles. The fraction of sp³-hybridized carbons (Fsp3) is 0.111. The summed E-state index contributed by atoms with van der Waals surface area (Å²) in [6, 6.07) is 4.87. The molecule has 5 heteroatoms. The lowest BCUT2D eigenvalue weighted by molar-refractivity contribution is 0.0699. The molecule has 0 saturated carbocycles. The standard InChI is InChI=1S/C9H7NO3S/c1-10-6-4-2-3-5(8(11)12)7(6)14-9(10)13/h2-4H,1H3,(H,11,12). The highest BCUT2D eigenvalue weighted by Gasteiger charge is 2.12. The monoisotopic (exact) mass is 209 g/mol. The highest BCUT2D eigenvalue weighted by atomic mass is 32.1. The number of aromatic nitrogens is 1. The van der Waals surface area contributed by atoms with Crippen molar-refractivity contribution in [2.75, 3.05) is 0 Å². The van der Waals surface area contributed by atoms with Gasteiger partial charge in [-0.05, 0) is 12.1 Å². The second-order valence-corrected chi connectivity index (χ2v) is 3.85. The number of benzene rings is 1. The van der Waals surface area contributed by atoms with Crippen LogP contribution in [0.4, 0.5) is 0 Å². The normalized spacial score (nSPS) is 10.6. The molecule has 0 saturated heterocycles. The molecule has 14 heavy (non-hydrogen) atoms. The van der Waals surface area contributed by atoms with Crippen LogP contribution in [0.5, 0.6) is 0 Å². The lowest BCUT2D eigenvalue weighted by Crippen LogP contribution is -2.06. The van der Waals surface area contributed by atoms with E-state index < -0.39 is 5.97 Å². The smallest absolute Gasteiger partial charge is 0.337 e. The number of rotatable bonds is 1. The predicted molar refractivity (Wildman–Crippen MR) is 54.0 cm³/mol. The maximum atomic E-state index is 11.3. The van der Waals surface area contributed by atoms with Crippen molar-refractivity contribution in [1.29, 1.82) is 0 Å². The van der Waals surface area contributed by atoms with Crippen molar-refractivity contribution in [3.8, 4) is 0 Å². The summed E-state index contributed by atoms with van der Waals surface area (Å²) < 4.78 is 1.99. The first-order valence-corrected chi connectivity index (χ1v) is 4.75. The number of carbonyl (C=O) groups is 1. The van der Waals surface area contributed by atoms with E-state index in [-0.39, 0.29) is 10.4 Å². The second kappa shape index (κ2) is 2.95. The molecule has 4 nitrogen and oxygen atoms in total. The maximum absolute atomic E-state index is 11.3. The average Bonchev–Trinajstić information content (AvgIpc) is 2.43. The number of aromatic carboxylic acids is 1. The zero-order valence-corrected chi connectivity index (χ0v) is 8.17. The molecule has 0 bridgehead atoms. The van der Waals surface area contributed by atoms with Gasteiger partial charge in [0.05, 0.1) is 15.8 Å². The molecule has 72 valence electrons. The molecular weight excluding hydrogens is 202 g/mol. The third-order valence-electron chi connectivity index (χ3n) is 2.05. The van der Waals surface area contributed by atoms with Crippen LogP contribution < -0.4 is 4.87 Å². The van der Waals surface area contributed by atoms with Crippen LogP contribution in [0, 0.1) is 0 Å². The molecule has 1 aromatic carbocycles. The van der Waals surface area contributed by atoms with E-state index in [9.17, 15) is 9.59 Å². The van der Waals surface area contributed by atoms with Crippen LogP contribution in [0.2, 0.25) is 0 Å². The van der Waals surface area contributed by atoms with Crippen LogP contribution in [0.25, 0.3) is 10.2 Å². The van der Waals surface area contributed by atoms with Gasteiger partial charge >= 0.3 is 10.8 Å². The quantitative estimate of drug-likeness (QED) is 0.770. The van der Waals surface area contributed by atoms with Gasteiger partial charge in [0, 0.05) is 7.05 Å². The number of hydrogen-bond acceptors (Lipinski definition) is 3. The third-order valence-corrected chi connectivity index (χ3v) is 3.13. The van der Waals surface area contributed by atoms with Crippen LogP contribution in [0.15, 0.2) is 23.0 Å². The van der Waals surface area contributed by atoms with Gasteiger partial charge in [0.25, 0.3) is 0 Å². The molecule has 0 amide bonds. The largest absolute Gasteiger partial charge is 0.478 e. The Balaban J connectivity index is 2.95. The second-order valence-electron chi connectivity index (χ2n) is 2.89. The summed E-state index contributed by atoms with van der Waals surface area (Å²) in [5.74, 6) is -1.00. The van der Waals surface area contributed by atoms with Gasteiger partial charge in [-0.1, -0.05) is 17.4 Å². The summed E-state index contributed by atoms with van der Waals surface area (Å²) >= 11 is 0.960. The number of thiazole rings is 1. The molecule has 2 aromatic rings. The van der Waals surface area contributed by atoms with Crippen LogP contribution in [-0.4, -0.2) is 15.6 Å². The predicted octanol–water partition coefficient (Wildman–Crippen LogP) is 1.30. The van der Waals surface area contributed by atoms with Crippen molar-refractivity contribution >= 4 is 27.5 Å². The molecule has 1 N–H and O–H groups in total. The summed E-state index contributed by atoms with van der Waals surface area (Å²) in [6.07, 6.45) is 0. The Morgan fingerprint density at radius 1 is 1.50 bits per heavy atom. The van der Waals surface area contributed by atoms with Crippen molar-refractivity contribution in [2.45, 2.75) is 0 Å². The minimum atomic E-state index is -1.00. The Morgan fingerprint density at radius 2 is 2.21 bits per heavy atom.